The molecule has 0 aliphatic carbocycles. The van der Waals surface area contributed by atoms with Crippen LogP contribution in [-0.2, 0) is 11.2 Å². The molecular weight excluding hydrogens is 280 g/mol. The molecule has 1 aromatic rings. The van der Waals surface area contributed by atoms with Gasteiger partial charge in [0.15, 0.2) is 0 Å². The first-order valence-corrected chi connectivity index (χ1v) is 6.75. The Morgan fingerprint density at radius 1 is 1.29 bits per heavy atom. The summed E-state index contributed by atoms with van der Waals surface area (Å²) in [7, 11) is 0. The summed E-state index contributed by atoms with van der Waals surface area (Å²) in [5.74, 6) is 0.0884. The van der Waals surface area contributed by atoms with Gasteiger partial charge in [-0.1, -0.05) is 28.1 Å². The van der Waals surface area contributed by atoms with Crippen LogP contribution in [0, 0.1) is 0 Å². The molecule has 2 rings (SSSR count). The van der Waals surface area contributed by atoms with Gasteiger partial charge in [0.1, 0.15) is 0 Å². The number of rotatable bonds is 3. The van der Waals surface area contributed by atoms with E-state index in [0.29, 0.717) is 6.42 Å². The van der Waals surface area contributed by atoms with Crippen molar-refractivity contribution in [2.24, 2.45) is 5.73 Å². The van der Waals surface area contributed by atoms with Crippen molar-refractivity contribution < 1.29 is 4.79 Å². The molecular formula is C13H17BrN2O. The number of likely N-dealkylation sites (tertiary alicyclic amines) is 1. The van der Waals surface area contributed by atoms with Gasteiger partial charge < -0.3 is 10.6 Å². The summed E-state index contributed by atoms with van der Waals surface area (Å²) in [6.45, 7) is 1.74. The fourth-order valence-corrected chi connectivity index (χ4v) is 2.40. The van der Waals surface area contributed by atoms with Crippen LogP contribution < -0.4 is 5.73 Å². The first kappa shape index (κ1) is 12.6. The second kappa shape index (κ2) is 5.65. The minimum Gasteiger partial charge on any atom is -0.341 e. The van der Waals surface area contributed by atoms with Gasteiger partial charge in [-0.3, -0.25) is 4.79 Å². The van der Waals surface area contributed by atoms with Crippen LogP contribution in [-0.4, -0.2) is 29.9 Å². The zero-order valence-electron chi connectivity index (χ0n) is 9.73. The molecule has 0 radical (unpaired) electrons. The Balaban J connectivity index is 1.93. The average Bonchev–Trinajstić information content (AvgIpc) is 2.84. The number of nitrogens with zero attached hydrogens (tertiary/aromatic N) is 1. The van der Waals surface area contributed by atoms with Gasteiger partial charge >= 0.3 is 0 Å². The van der Waals surface area contributed by atoms with Crippen molar-refractivity contribution in [2.75, 3.05) is 13.1 Å². The van der Waals surface area contributed by atoms with Crippen molar-refractivity contribution in [1.82, 2.24) is 4.90 Å². The van der Waals surface area contributed by atoms with Gasteiger partial charge in [-0.15, -0.1) is 0 Å². The fraction of sp³-hybridized carbons (Fsp3) is 0.462. The summed E-state index contributed by atoms with van der Waals surface area (Å²) in [6.07, 6.45) is 2.83. The Morgan fingerprint density at radius 2 is 1.88 bits per heavy atom. The Morgan fingerprint density at radius 3 is 2.47 bits per heavy atom. The van der Waals surface area contributed by atoms with Gasteiger partial charge in [0.25, 0.3) is 0 Å². The minimum absolute atomic E-state index is 0.0884. The van der Waals surface area contributed by atoms with Crippen molar-refractivity contribution in [3.8, 4) is 0 Å². The number of halogens is 1. The second-order valence-corrected chi connectivity index (χ2v) is 5.39. The quantitative estimate of drug-likeness (QED) is 0.927. The number of carbonyl (C=O) groups excluding carboxylic acids is 1. The predicted octanol–water partition coefficient (Wildman–Crippen LogP) is 1.94. The average molecular weight is 297 g/mol. The zero-order valence-corrected chi connectivity index (χ0v) is 11.3. The van der Waals surface area contributed by atoms with Gasteiger partial charge in [-0.25, -0.2) is 0 Å². The summed E-state index contributed by atoms with van der Waals surface area (Å²) in [6, 6.07) is 7.54. The summed E-state index contributed by atoms with van der Waals surface area (Å²) in [5.41, 5.74) is 7.07. The van der Waals surface area contributed by atoms with E-state index >= 15 is 0 Å². The Bertz CT molecular complexity index is 385. The molecule has 1 fully saturated rings. The molecule has 1 heterocycles. The monoisotopic (exact) mass is 296 g/mol. The van der Waals surface area contributed by atoms with Gasteiger partial charge in [-0.05, 0) is 37.0 Å². The zero-order chi connectivity index (χ0) is 12.3. The lowest BCUT2D eigenvalue weighted by Crippen LogP contribution is -2.43. The van der Waals surface area contributed by atoms with Crippen LogP contribution in [0.1, 0.15) is 18.4 Å². The smallest absolute Gasteiger partial charge is 0.239 e. The van der Waals surface area contributed by atoms with Gasteiger partial charge in [0.2, 0.25) is 5.91 Å². The minimum atomic E-state index is -0.408. The van der Waals surface area contributed by atoms with Gasteiger partial charge in [0.05, 0.1) is 6.04 Å². The molecule has 1 amide bonds. The lowest BCUT2D eigenvalue weighted by Gasteiger charge is -2.20. The van der Waals surface area contributed by atoms with E-state index < -0.39 is 6.04 Å². The molecule has 0 spiro atoms. The number of nitrogens with two attached hydrogens (primary N) is 1. The summed E-state index contributed by atoms with van der Waals surface area (Å²) >= 11 is 3.39. The van der Waals surface area contributed by atoms with E-state index in [1.54, 1.807) is 0 Å². The molecule has 3 nitrogen and oxygen atoms in total. The highest BCUT2D eigenvalue weighted by Crippen LogP contribution is 2.13. The van der Waals surface area contributed by atoms with Gasteiger partial charge in [0, 0.05) is 17.6 Å². The Hall–Kier alpha value is -0.870. The third kappa shape index (κ3) is 3.30. The topological polar surface area (TPSA) is 46.3 Å². The largest absolute Gasteiger partial charge is 0.341 e. The third-order valence-electron chi connectivity index (χ3n) is 3.10. The van der Waals surface area contributed by atoms with Crippen molar-refractivity contribution in [1.29, 1.82) is 0 Å². The van der Waals surface area contributed by atoms with Crippen LogP contribution in [0.3, 0.4) is 0 Å². The lowest BCUT2D eigenvalue weighted by molar-refractivity contribution is -0.131. The lowest BCUT2D eigenvalue weighted by atomic mass is 10.1. The van der Waals surface area contributed by atoms with Gasteiger partial charge in [-0.2, -0.15) is 0 Å². The van der Waals surface area contributed by atoms with Crippen molar-refractivity contribution in [3.63, 3.8) is 0 Å². The first-order valence-electron chi connectivity index (χ1n) is 5.95. The number of benzene rings is 1. The van der Waals surface area contributed by atoms with Crippen molar-refractivity contribution >= 4 is 21.8 Å². The molecule has 1 aliphatic heterocycles. The highest BCUT2D eigenvalue weighted by Gasteiger charge is 2.23. The van der Waals surface area contributed by atoms with Crippen molar-refractivity contribution in [2.45, 2.75) is 25.3 Å². The van der Waals surface area contributed by atoms with E-state index in [2.05, 4.69) is 15.9 Å². The van der Waals surface area contributed by atoms with Crippen LogP contribution in [0.15, 0.2) is 28.7 Å². The number of carbonyl (C=O) groups is 1. The molecule has 1 saturated heterocycles. The SMILES string of the molecule is NC(Cc1ccc(Br)cc1)C(=O)N1CCCC1. The van der Waals surface area contributed by atoms with E-state index in [0.717, 1.165) is 36.0 Å². The molecule has 2 N–H and O–H groups in total. The van der Waals surface area contributed by atoms with E-state index in [1.807, 2.05) is 29.2 Å². The standard InChI is InChI=1S/C13H17BrN2O/c14-11-5-3-10(4-6-11)9-12(15)13(17)16-7-1-2-8-16/h3-6,12H,1-2,7-9,15H2. The van der Waals surface area contributed by atoms with Crippen LogP contribution >= 0.6 is 15.9 Å². The molecule has 0 aromatic heterocycles. The Kier molecular flexibility index (Phi) is 4.18. The van der Waals surface area contributed by atoms with E-state index in [4.69, 9.17) is 5.73 Å². The first-order chi connectivity index (χ1) is 8.16. The molecule has 92 valence electrons. The van der Waals surface area contributed by atoms with E-state index in [1.165, 1.54) is 0 Å². The molecule has 1 atom stereocenters. The summed E-state index contributed by atoms with van der Waals surface area (Å²) in [5, 5.41) is 0. The van der Waals surface area contributed by atoms with Crippen LogP contribution in [0.4, 0.5) is 0 Å². The maximum atomic E-state index is 12.0. The highest BCUT2D eigenvalue weighted by molar-refractivity contribution is 9.10. The van der Waals surface area contributed by atoms with E-state index in [9.17, 15) is 4.79 Å². The molecule has 4 heteroatoms. The Labute approximate surface area is 110 Å². The van der Waals surface area contributed by atoms with Crippen LogP contribution in [0.5, 0.6) is 0 Å². The maximum Gasteiger partial charge on any atom is 0.239 e. The summed E-state index contributed by atoms with van der Waals surface area (Å²) < 4.78 is 1.04. The highest BCUT2D eigenvalue weighted by atomic mass is 79.9. The molecule has 1 unspecified atom stereocenters. The second-order valence-electron chi connectivity index (χ2n) is 4.47. The number of hydrogen-bond donors (Lipinski definition) is 1. The fourth-order valence-electron chi connectivity index (χ4n) is 2.13. The molecule has 1 aromatic carbocycles. The normalized spacial score (nSPS) is 17.2. The molecule has 0 bridgehead atoms. The number of hydrogen-bond acceptors (Lipinski definition) is 2. The van der Waals surface area contributed by atoms with Crippen molar-refractivity contribution in [3.05, 3.63) is 34.3 Å². The van der Waals surface area contributed by atoms with E-state index in [-0.39, 0.29) is 5.91 Å². The predicted molar refractivity (Wildman–Crippen MR) is 71.6 cm³/mol. The van der Waals surface area contributed by atoms with Crippen LogP contribution in [0.25, 0.3) is 0 Å². The maximum absolute atomic E-state index is 12.0. The molecule has 1 aliphatic rings. The summed E-state index contributed by atoms with van der Waals surface area (Å²) in [4.78, 5) is 13.9. The molecule has 17 heavy (non-hydrogen) atoms. The molecule has 0 saturated carbocycles. The van der Waals surface area contributed by atoms with Crippen LogP contribution in [0.2, 0.25) is 0 Å². The third-order valence-corrected chi connectivity index (χ3v) is 3.63. The number of amides is 1.